The van der Waals surface area contributed by atoms with E-state index in [0.717, 1.165) is 32.2 Å². The number of nitrogens with zero attached hydrogens (tertiary/aromatic N) is 4. The van der Waals surface area contributed by atoms with Crippen LogP contribution in [0.5, 0.6) is 0 Å². The Morgan fingerprint density at radius 2 is 2.00 bits per heavy atom. The zero-order valence-corrected chi connectivity index (χ0v) is 18.3. The molecule has 1 aromatic carbocycles. The number of hydrogen-bond acceptors (Lipinski definition) is 4. The summed E-state index contributed by atoms with van der Waals surface area (Å²) in [6.45, 7) is 7.85. The highest BCUT2D eigenvalue weighted by Crippen LogP contribution is 2.40. The van der Waals surface area contributed by atoms with Gasteiger partial charge >= 0.3 is 0 Å². The second-order valence-corrected chi connectivity index (χ2v) is 8.69. The van der Waals surface area contributed by atoms with Crippen molar-refractivity contribution in [3.63, 3.8) is 0 Å². The standard InChI is InChI=1S/C22H21ClN4OS/c1-13(2)26-12-18(11-25-26)27-14(3)22(19-6-5-17(23)10-20(19)27)29-21-9-16(15(4)28)7-8-24-21/h5-13H,1-4H3. The topological polar surface area (TPSA) is 52.7 Å². The lowest BCUT2D eigenvalue weighted by Crippen LogP contribution is -2.00. The molecular weight excluding hydrogens is 404 g/mol. The third kappa shape index (κ3) is 3.70. The third-order valence-corrected chi connectivity index (χ3v) is 6.22. The van der Waals surface area contributed by atoms with Crippen LogP contribution in [0.4, 0.5) is 0 Å². The molecule has 0 aliphatic heterocycles. The predicted molar refractivity (Wildman–Crippen MR) is 118 cm³/mol. The fourth-order valence-electron chi connectivity index (χ4n) is 3.34. The van der Waals surface area contributed by atoms with Gasteiger partial charge in [0, 0.05) is 45.0 Å². The molecule has 0 unspecified atom stereocenters. The second kappa shape index (κ2) is 7.69. The maximum absolute atomic E-state index is 11.7. The zero-order chi connectivity index (χ0) is 20.7. The molecule has 0 aliphatic rings. The van der Waals surface area contributed by atoms with E-state index in [2.05, 4.69) is 35.4 Å². The smallest absolute Gasteiger partial charge is 0.159 e. The Morgan fingerprint density at radius 1 is 1.21 bits per heavy atom. The van der Waals surface area contributed by atoms with Crippen molar-refractivity contribution < 1.29 is 4.79 Å². The Labute approximate surface area is 178 Å². The van der Waals surface area contributed by atoms with E-state index in [-0.39, 0.29) is 11.8 Å². The molecule has 7 heteroatoms. The SMILES string of the molecule is CC(=O)c1ccnc(Sc2c(C)n(-c3cnn(C(C)C)c3)c3cc(Cl)ccc23)c1. The summed E-state index contributed by atoms with van der Waals surface area (Å²) in [7, 11) is 0. The predicted octanol–water partition coefficient (Wildman–Crippen LogP) is 6.12. The molecule has 0 N–H and O–H groups in total. The molecular formula is C22H21ClN4OS. The van der Waals surface area contributed by atoms with Crippen molar-refractivity contribution in [2.24, 2.45) is 0 Å². The molecule has 4 rings (SSSR count). The molecule has 0 spiro atoms. The Hall–Kier alpha value is -2.57. The molecule has 3 aromatic heterocycles. The van der Waals surface area contributed by atoms with Gasteiger partial charge in [-0.25, -0.2) is 4.98 Å². The molecule has 0 saturated heterocycles. The van der Waals surface area contributed by atoms with Crippen LogP contribution in [0.15, 0.2) is 58.8 Å². The summed E-state index contributed by atoms with van der Waals surface area (Å²) in [5.41, 5.74) is 3.74. The van der Waals surface area contributed by atoms with Crippen molar-refractivity contribution in [2.45, 2.75) is 43.7 Å². The number of pyridine rings is 1. The van der Waals surface area contributed by atoms with Crippen LogP contribution in [-0.2, 0) is 0 Å². The number of carbonyl (C=O) groups is 1. The van der Waals surface area contributed by atoms with Gasteiger partial charge < -0.3 is 4.57 Å². The van der Waals surface area contributed by atoms with Crippen LogP contribution in [0.1, 0.15) is 42.9 Å². The van der Waals surface area contributed by atoms with Gasteiger partial charge in [-0.15, -0.1) is 0 Å². The zero-order valence-electron chi connectivity index (χ0n) is 16.7. The average Bonchev–Trinajstić information content (AvgIpc) is 3.25. The van der Waals surface area contributed by atoms with Gasteiger partial charge in [-0.2, -0.15) is 5.10 Å². The van der Waals surface area contributed by atoms with Gasteiger partial charge in [0.1, 0.15) is 5.03 Å². The molecule has 0 radical (unpaired) electrons. The van der Waals surface area contributed by atoms with Crippen LogP contribution in [0.25, 0.3) is 16.6 Å². The molecule has 0 fully saturated rings. The lowest BCUT2D eigenvalue weighted by Gasteiger charge is -2.07. The Morgan fingerprint density at radius 3 is 2.69 bits per heavy atom. The van der Waals surface area contributed by atoms with E-state index < -0.39 is 0 Å². The van der Waals surface area contributed by atoms with Gasteiger partial charge in [-0.3, -0.25) is 9.48 Å². The first-order chi connectivity index (χ1) is 13.8. The number of halogens is 1. The van der Waals surface area contributed by atoms with Crippen molar-refractivity contribution in [1.82, 2.24) is 19.3 Å². The first-order valence-corrected chi connectivity index (χ1v) is 10.5. The number of ketones is 1. The summed E-state index contributed by atoms with van der Waals surface area (Å²) in [4.78, 5) is 17.3. The van der Waals surface area contributed by atoms with Gasteiger partial charge in [0.05, 0.1) is 17.4 Å². The maximum Gasteiger partial charge on any atom is 0.159 e. The van der Waals surface area contributed by atoms with E-state index in [1.165, 1.54) is 0 Å². The Balaban J connectivity index is 1.88. The van der Waals surface area contributed by atoms with Gasteiger partial charge in [0.15, 0.2) is 5.78 Å². The lowest BCUT2D eigenvalue weighted by atomic mass is 10.2. The number of carbonyl (C=O) groups excluding carboxylic acids is 1. The maximum atomic E-state index is 11.7. The molecule has 3 heterocycles. The minimum atomic E-state index is 0.0290. The van der Waals surface area contributed by atoms with E-state index >= 15 is 0 Å². The van der Waals surface area contributed by atoms with Gasteiger partial charge in [-0.05, 0) is 52.0 Å². The lowest BCUT2D eigenvalue weighted by molar-refractivity contribution is 0.101. The summed E-state index contributed by atoms with van der Waals surface area (Å²) >= 11 is 7.88. The summed E-state index contributed by atoms with van der Waals surface area (Å²) in [5.74, 6) is 0.0290. The van der Waals surface area contributed by atoms with Gasteiger partial charge in [-0.1, -0.05) is 29.4 Å². The summed E-state index contributed by atoms with van der Waals surface area (Å²) in [6, 6.07) is 9.76. The fraction of sp³-hybridized carbons (Fsp3) is 0.227. The van der Waals surface area contributed by atoms with Crippen LogP contribution in [-0.4, -0.2) is 25.1 Å². The molecule has 0 bridgehead atoms. The van der Waals surface area contributed by atoms with Gasteiger partial charge in [0.25, 0.3) is 0 Å². The first-order valence-electron chi connectivity index (χ1n) is 9.35. The number of rotatable bonds is 5. The minimum Gasteiger partial charge on any atom is -0.310 e. The van der Waals surface area contributed by atoms with Gasteiger partial charge in [0.2, 0.25) is 0 Å². The van der Waals surface area contributed by atoms with Crippen LogP contribution < -0.4 is 0 Å². The van der Waals surface area contributed by atoms with Crippen LogP contribution in [0.3, 0.4) is 0 Å². The second-order valence-electron chi connectivity index (χ2n) is 7.22. The Kier molecular flexibility index (Phi) is 5.23. The van der Waals surface area contributed by atoms with E-state index in [0.29, 0.717) is 10.6 Å². The third-order valence-electron chi connectivity index (χ3n) is 4.83. The van der Waals surface area contributed by atoms with Crippen molar-refractivity contribution in [2.75, 3.05) is 0 Å². The van der Waals surface area contributed by atoms with E-state index in [9.17, 15) is 4.79 Å². The van der Waals surface area contributed by atoms with E-state index in [1.807, 2.05) is 41.3 Å². The van der Waals surface area contributed by atoms with Crippen molar-refractivity contribution in [3.8, 4) is 5.69 Å². The largest absolute Gasteiger partial charge is 0.310 e. The van der Waals surface area contributed by atoms with Crippen molar-refractivity contribution in [1.29, 1.82) is 0 Å². The molecule has 4 aromatic rings. The average molecular weight is 425 g/mol. The molecule has 0 aliphatic carbocycles. The fourth-order valence-corrected chi connectivity index (χ4v) is 4.53. The van der Waals surface area contributed by atoms with E-state index in [4.69, 9.17) is 11.6 Å². The normalized spacial score (nSPS) is 11.5. The van der Waals surface area contributed by atoms with Crippen molar-refractivity contribution in [3.05, 3.63) is 65.2 Å². The van der Waals surface area contributed by atoms with Crippen LogP contribution >= 0.6 is 23.4 Å². The summed E-state index contributed by atoms with van der Waals surface area (Å²) < 4.78 is 4.11. The summed E-state index contributed by atoms with van der Waals surface area (Å²) in [6.07, 6.45) is 5.59. The summed E-state index contributed by atoms with van der Waals surface area (Å²) in [5, 5.41) is 7.05. The van der Waals surface area contributed by atoms with E-state index in [1.54, 1.807) is 30.9 Å². The molecule has 0 amide bonds. The number of fused-ring (bicyclic) bond motifs is 1. The highest BCUT2D eigenvalue weighted by atomic mass is 35.5. The highest BCUT2D eigenvalue weighted by molar-refractivity contribution is 7.99. The quantitative estimate of drug-likeness (QED) is 0.362. The number of benzene rings is 1. The molecule has 29 heavy (non-hydrogen) atoms. The minimum absolute atomic E-state index is 0.0290. The molecule has 0 saturated carbocycles. The number of Topliss-reactive ketones (excluding diaryl/α,β-unsaturated/α-hetero) is 1. The first kappa shape index (κ1) is 19.7. The molecule has 148 valence electrons. The molecule has 5 nitrogen and oxygen atoms in total. The number of aromatic nitrogens is 4. The number of hydrogen-bond donors (Lipinski definition) is 0. The monoisotopic (exact) mass is 424 g/mol. The van der Waals surface area contributed by atoms with Crippen LogP contribution in [0, 0.1) is 6.92 Å². The highest BCUT2D eigenvalue weighted by Gasteiger charge is 2.19. The Bertz CT molecular complexity index is 1230. The van der Waals surface area contributed by atoms with Crippen LogP contribution in [0.2, 0.25) is 5.02 Å². The molecule has 0 atom stereocenters. The van der Waals surface area contributed by atoms with Crippen molar-refractivity contribution >= 4 is 40.0 Å².